The van der Waals surface area contributed by atoms with Crippen LogP contribution in [0.15, 0.2) is 41.7 Å². The van der Waals surface area contributed by atoms with Crippen LogP contribution >= 0.6 is 0 Å². The summed E-state index contributed by atoms with van der Waals surface area (Å²) in [6, 6.07) is 7.70. The van der Waals surface area contributed by atoms with Gasteiger partial charge in [0.2, 0.25) is 5.96 Å². The average Bonchev–Trinajstić information content (AvgIpc) is 3.47. The predicted molar refractivity (Wildman–Crippen MR) is 197 cm³/mol. The molecule has 0 saturated heterocycles. The Hall–Kier alpha value is -4.37. The minimum atomic E-state index is -0.694. The van der Waals surface area contributed by atoms with Crippen molar-refractivity contribution in [3.8, 4) is 23.2 Å². The summed E-state index contributed by atoms with van der Waals surface area (Å²) in [5.74, 6) is 7.00. The van der Waals surface area contributed by atoms with E-state index < -0.39 is 35.1 Å². The Morgan fingerprint density at radius 2 is 1.28 bits per heavy atom. The number of nitrogens with zero attached hydrogens (tertiary/aromatic N) is 3. The molecule has 0 unspecified atom stereocenters. The van der Waals surface area contributed by atoms with Crippen LogP contribution in [0.3, 0.4) is 0 Å². The van der Waals surface area contributed by atoms with E-state index in [1.165, 1.54) is 4.57 Å². The highest BCUT2D eigenvalue weighted by atomic mass is 16.6. The number of hydrogen-bond donors (Lipinski definition) is 3. The second-order valence-corrected chi connectivity index (χ2v) is 14.9. The molecular formula is C38H58N6O6. The number of rotatable bonds is 13. The Morgan fingerprint density at radius 1 is 0.740 bits per heavy atom. The van der Waals surface area contributed by atoms with Gasteiger partial charge in [0.15, 0.2) is 0 Å². The van der Waals surface area contributed by atoms with Crippen molar-refractivity contribution in [1.82, 2.24) is 25.5 Å². The summed E-state index contributed by atoms with van der Waals surface area (Å²) >= 11 is 0. The van der Waals surface area contributed by atoms with Crippen molar-refractivity contribution < 1.29 is 28.6 Å². The molecule has 0 spiro atoms. The van der Waals surface area contributed by atoms with Gasteiger partial charge in [-0.1, -0.05) is 49.7 Å². The zero-order chi connectivity index (χ0) is 37.2. The van der Waals surface area contributed by atoms with E-state index in [9.17, 15) is 14.4 Å². The predicted octanol–water partition coefficient (Wildman–Crippen LogP) is 7.80. The zero-order valence-electron chi connectivity index (χ0n) is 31.5. The molecule has 0 aliphatic rings. The van der Waals surface area contributed by atoms with E-state index in [-0.39, 0.29) is 5.96 Å². The standard InChI is InChI=1S/C38H58N6O6/c1-36(2,3)48-33(45)42-32(43-34(46)49-37(4,5)6)41-26-18-13-11-10-12-16-24-39-25-17-14-15-19-29-20-22-30(23-21-29)31-40-27-28-44(31)35(47)50-38(7,8)9/h20-23,27-28,39H,10-14,16-18,24-26H2,1-9H3,(H2,41,42,43,45,46). The van der Waals surface area contributed by atoms with Crippen molar-refractivity contribution in [3.05, 3.63) is 42.2 Å². The first-order valence-electron chi connectivity index (χ1n) is 17.5. The molecule has 2 amide bonds. The number of unbranched alkanes of at least 4 members (excludes halogenated alkanes) is 6. The number of guanidine groups is 1. The van der Waals surface area contributed by atoms with E-state index in [0.29, 0.717) is 12.4 Å². The molecule has 3 N–H and O–H groups in total. The molecule has 50 heavy (non-hydrogen) atoms. The van der Waals surface area contributed by atoms with Crippen molar-refractivity contribution >= 4 is 24.2 Å². The Morgan fingerprint density at radius 3 is 1.86 bits per heavy atom. The fourth-order valence-corrected chi connectivity index (χ4v) is 4.44. The SMILES string of the molecule is CC(C)(C)OC(=O)NC(=NCCCCCCCCNCCCC#Cc1ccc(-c2nccn2C(=O)OC(C)(C)C)cc1)NC(=O)OC(C)(C)C. The molecule has 2 aromatic rings. The number of amides is 2. The van der Waals surface area contributed by atoms with Crippen molar-refractivity contribution in [1.29, 1.82) is 0 Å². The van der Waals surface area contributed by atoms with E-state index in [0.717, 1.165) is 75.6 Å². The van der Waals surface area contributed by atoms with Gasteiger partial charge in [0.1, 0.15) is 22.6 Å². The molecule has 12 nitrogen and oxygen atoms in total. The Bertz CT molecular complexity index is 1420. The van der Waals surface area contributed by atoms with Gasteiger partial charge >= 0.3 is 18.3 Å². The average molecular weight is 695 g/mol. The van der Waals surface area contributed by atoms with E-state index in [4.69, 9.17) is 14.2 Å². The summed E-state index contributed by atoms with van der Waals surface area (Å²) in [4.78, 5) is 45.6. The second kappa shape index (κ2) is 20.3. The number of aromatic nitrogens is 2. The molecule has 1 aromatic heterocycles. The summed E-state index contributed by atoms with van der Waals surface area (Å²) in [5.41, 5.74) is -0.209. The monoisotopic (exact) mass is 694 g/mol. The summed E-state index contributed by atoms with van der Waals surface area (Å²) in [7, 11) is 0. The highest BCUT2D eigenvalue weighted by Crippen LogP contribution is 2.20. The smallest absolute Gasteiger partial charge is 0.420 e. The van der Waals surface area contributed by atoms with E-state index >= 15 is 0 Å². The Balaban J connectivity index is 1.59. The van der Waals surface area contributed by atoms with Gasteiger partial charge < -0.3 is 19.5 Å². The number of benzene rings is 1. The van der Waals surface area contributed by atoms with Crippen LogP contribution in [0.2, 0.25) is 0 Å². The largest absolute Gasteiger partial charge is 0.444 e. The molecule has 0 saturated carbocycles. The van der Waals surface area contributed by atoms with Gasteiger partial charge in [-0.15, -0.1) is 0 Å². The van der Waals surface area contributed by atoms with E-state index in [1.807, 2.05) is 45.0 Å². The fraction of sp³-hybridized carbons (Fsp3) is 0.605. The van der Waals surface area contributed by atoms with Crippen LogP contribution in [0, 0.1) is 11.8 Å². The van der Waals surface area contributed by atoms with Gasteiger partial charge in [-0.05, 0) is 107 Å². The van der Waals surface area contributed by atoms with Crippen LogP contribution in [0.5, 0.6) is 0 Å². The molecular weight excluding hydrogens is 636 g/mol. The van der Waals surface area contributed by atoms with Gasteiger partial charge in [-0.2, -0.15) is 0 Å². The van der Waals surface area contributed by atoms with Gasteiger partial charge in [0.05, 0.1) is 0 Å². The molecule has 276 valence electrons. The second-order valence-electron chi connectivity index (χ2n) is 14.9. The van der Waals surface area contributed by atoms with Gasteiger partial charge in [-0.3, -0.25) is 15.6 Å². The molecule has 0 bridgehead atoms. The van der Waals surface area contributed by atoms with Crippen LogP contribution < -0.4 is 16.0 Å². The minimum absolute atomic E-state index is 0.0159. The third-order valence-corrected chi connectivity index (χ3v) is 6.53. The summed E-state index contributed by atoms with van der Waals surface area (Å²) < 4.78 is 17.4. The lowest BCUT2D eigenvalue weighted by Gasteiger charge is -2.22. The van der Waals surface area contributed by atoms with Gasteiger partial charge in [0.25, 0.3) is 0 Å². The third kappa shape index (κ3) is 19.0. The topological polar surface area (TPSA) is 145 Å². The number of ether oxygens (including phenoxy) is 3. The van der Waals surface area contributed by atoms with Crippen molar-refractivity contribution in [3.63, 3.8) is 0 Å². The molecule has 0 radical (unpaired) electrons. The normalized spacial score (nSPS) is 11.5. The van der Waals surface area contributed by atoms with Gasteiger partial charge in [0, 0.05) is 36.5 Å². The minimum Gasteiger partial charge on any atom is -0.444 e. The number of alkyl carbamates (subject to hydrolysis) is 2. The molecule has 0 atom stereocenters. The Labute approximate surface area is 298 Å². The van der Waals surface area contributed by atoms with Crippen LogP contribution in [0.25, 0.3) is 11.4 Å². The highest BCUT2D eigenvalue weighted by Gasteiger charge is 2.22. The summed E-state index contributed by atoms with van der Waals surface area (Å²) in [6.45, 7) is 18.4. The number of imidazole rings is 1. The number of carbonyl (C=O) groups is 3. The maximum atomic E-state index is 12.5. The van der Waals surface area contributed by atoms with Gasteiger partial charge in [-0.25, -0.2) is 23.9 Å². The first-order valence-corrected chi connectivity index (χ1v) is 17.5. The molecule has 0 aliphatic carbocycles. The summed E-state index contributed by atoms with van der Waals surface area (Å²) in [5, 5.41) is 8.51. The van der Waals surface area contributed by atoms with Crippen LogP contribution in [0.1, 0.15) is 119 Å². The van der Waals surface area contributed by atoms with E-state index in [1.54, 1.807) is 53.9 Å². The molecule has 0 fully saturated rings. The molecule has 12 heteroatoms. The van der Waals surface area contributed by atoms with Crippen molar-refractivity contribution in [2.75, 3.05) is 19.6 Å². The lowest BCUT2D eigenvalue weighted by Crippen LogP contribution is -2.47. The molecule has 1 heterocycles. The van der Waals surface area contributed by atoms with Crippen LogP contribution in [0.4, 0.5) is 14.4 Å². The first kappa shape index (κ1) is 41.8. The van der Waals surface area contributed by atoms with Crippen molar-refractivity contribution in [2.45, 2.75) is 130 Å². The number of carbonyl (C=O) groups excluding carboxylic acids is 3. The quantitative estimate of drug-likeness (QED) is 0.0633. The number of nitrogens with one attached hydrogen (secondary N) is 3. The third-order valence-electron chi connectivity index (χ3n) is 6.53. The highest BCUT2D eigenvalue weighted by molar-refractivity contribution is 6.01. The van der Waals surface area contributed by atoms with Crippen LogP contribution in [-0.4, -0.2) is 70.2 Å². The maximum absolute atomic E-state index is 12.5. The first-order chi connectivity index (χ1) is 23.4. The number of hydrogen-bond acceptors (Lipinski definition) is 9. The molecule has 2 rings (SSSR count). The van der Waals surface area contributed by atoms with Crippen molar-refractivity contribution in [2.24, 2.45) is 4.99 Å². The molecule has 1 aromatic carbocycles. The van der Waals surface area contributed by atoms with Crippen LogP contribution in [-0.2, 0) is 14.2 Å². The maximum Gasteiger partial charge on any atom is 0.420 e. The fourth-order valence-electron chi connectivity index (χ4n) is 4.44. The van der Waals surface area contributed by atoms with E-state index in [2.05, 4.69) is 37.8 Å². The zero-order valence-corrected chi connectivity index (χ0v) is 31.5. The lowest BCUT2D eigenvalue weighted by atomic mass is 10.1. The summed E-state index contributed by atoms with van der Waals surface area (Å²) in [6.07, 6.45) is 9.46. The molecule has 0 aliphatic heterocycles. The Kier molecular flexibility index (Phi) is 17.0. The lowest BCUT2D eigenvalue weighted by molar-refractivity contribution is 0.0525. The number of aliphatic imine (C=N–C) groups is 1.